The number of aryl methyl sites for hydroxylation is 1. The normalized spacial score (nSPS) is 20.8. The molecule has 1 aliphatic rings. The predicted molar refractivity (Wildman–Crippen MR) is 71.5 cm³/mol. The van der Waals surface area contributed by atoms with Gasteiger partial charge >= 0.3 is 0 Å². The highest BCUT2D eigenvalue weighted by atomic mass is 16.3. The van der Waals surface area contributed by atoms with E-state index < -0.39 is 0 Å². The van der Waals surface area contributed by atoms with Crippen LogP contribution in [0, 0.1) is 6.92 Å². The van der Waals surface area contributed by atoms with Crippen LogP contribution >= 0.6 is 0 Å². The first-order chi connectivity index (χ1) is 8.09. The lowest BCUT2D eigenvalue weighted by Crippen LogP contribution is -2.27. The zero-order valence-electron chi connectivity index (χ0n) is 11.1. The maximum Gasteiger partial charge on any atom is 0.120 e. The molecule has 2 rings (SSSR count). The van der Waals surface area contributed by atoms with E-state index in [0.29, 0.717) is 17.7 Å². The van der Waals surface area contributed by atoms with Gasteiger partial charge in [-0.3, -0.25) is 0 Å². The number of hydrogen-bond donors (Lipinski definition) is 2. The van der Waals surface area contributed by atoms with E-state index in [0.717, 1.165) is 18.5 Å². The van der Waals surface area contributed by atoms with Crippen LogP contribution in [0.25, 0.3) is 0 Å². The van der Waals surface area contributed by atoms with E-state index in [1.807, 2.05) is 6.07 Å². The van der Waals surface area contributed by atoms with Crippen LogP contribution in [0.15, 0.2) is 12.1 Å². The smallest absolute Gasteiger partial charge is 0.120 e. The van der Waals surface area contributed by atoms with Crippen LogP contribution in [0.1, 0.15) is 61.8 Å². The van der Waals surface area contributed by atoms with Crippen molar-refractivity contribution in [2.45, 2.75) is 52.0 Å². The van der Waals surface area contributed by atoms with Crippen LogP contribution in [0.3, 0.4) is 0 Å². The van der Waals surface area contributed by atoms with Crippen LogP contribution in [0.5, 0.6) is 5.75 Å². The Labute approximate surface area is 104 Å². The summed E-state index contributed by atoms with van der Waals surface area (Å²) < 4.78 is 0. The van der Waals surface area contributed by atoms with Crippen molar-refractivity contribution >= 4 is 0 Å². The second-order valence-electron chi connectivity index (χ2n) is 5.42. The summed E-state index contributed by atoms with van der Waals surface area (Å²) >= 11 is 0. The SMILES string of the molecule is Cc1cc(O)c(C2CCCCN2)cc1C(C)C. The highest BCUT2D eigenvalue weighted by Crippen LogP contribution is 2.34. The van der Waals surface area contributed by atoms with Gasteiger partial charge in [0, 0.05) is 11.6 Å². The molecule has 1 saturated heterocycles. The molecule has 94 valence electrons. The Morgan fingerprint density at radius 3 is 2.65 bits per heavy atom. The molecule has 2 heteroatoms. The molecule has 2 N–H and O–H groups in total. The third-order valence-corrected chi connectivity index (χ3v) is 3.72. The third-order valence-electron chi connectivity index (χ3n) is 3.72. The minimum absolute atomic E-state index is 0.335. The number of nitrogens with one attached hydrogen (secondary N) is 1. The van der Waals surface area contributed by atoms with E-state index >= 15 is 0 Å². The van der Waals surface area contributed by atoms with Gasteiger partial charge in [0.25, 0.3) is 0 Å². The fourth-order valence-corrected chi connectivity index (χ4v) is 2.75. The van der Waals surface area contributed by atoms with Crippen molar-refractivity contribution in [1.29, 1.82) is 0 Å². The number of aromatic hydroxyl groups is 1. The van der Waals surface area contributed by atoms with Crippen molar-refractivity contribution in [1.82, 2.24) is 5.32 Å². The average molecular weight is 233 g/mol. The maximum atomic E-state index is 10.1. The molecule has 0 radical (unpaired) electrons. The summed E-state index contributed by atoms with van der Waals surface area (Å²) in [5.74, 6) is 0.962. The lowest BCUT2D eigenvalue weighted by atomic mass is 9.90. The van der Waals surface area contributed by atoms with Gasteiger partial charge in [-0.1, -0.05) is 26.3 Å². The first-order valence-electron chi connectivity index (χ1n) is 6.66. The minimum Gasteiger partial charge on any atom is -0.508 e. The Hall–Kier alpha value is -1.02. The Bertz CT molecular complexity index is 392. The average Bonchev–Trinajstić information content (AvgIpc) is 2.29. The molecule has 1 fully saturated rings. The third kappa shape index (κ3) is 2.63. The van der Waals surface area contributed by atoms with Crippen LogP contribution in [0.2, 0.25) is 0 Å². The highest BCUT2D eigenvalue weighted by molar-refractivity contribution is 5.44. The van der Waals surface area contributed by atoms with E-state index in [1.165, 1.54) is 24.0 Å². The summed E-state index contributed by atoms with van der Waals surface area (Å²) in [4.78, 5) is 0. The molecule has 1 aromatic carbocycles. The topological polar surface area (TPSA) is 32.3 Å². The molecule has 1 unspecified atom stereocenters. The predicted octanol–water partition coefficient (Wildman–Crippen LogP) is 3.64. The number of benzene rings is 1. The van der Waals surface area contributed by atoms with E-state index in [1.54, 1.807) is 0 Å². The summed E-state index contributed by atoms with van der Waals surface area (Å²) in [5, 5.41) is 13.6. The van der Waals surface area contributed by atoms with E-state index in [-0.39, 0.29) is 0 Å². The molecular weight excluding hydrogens is 210 g/mol. The molecule has 17 heavy (non-hydrogen) atoms. The van der Waals surface area contributed by atoms with Gasteiger partial charge in [-0.2, -0.15) is 0 Å². The van der Waals surface area contributed by atoms with Crippen molar-refractivity contribution < 1.29 is 5.11 Å². The highest BCUT2D eigenvalue weighted by Gasteiger charge is 2.19. The largest absolute Gasteiger partial charge is 0.508 e. The molecule has 0 aromatic heterocycles. The maximum absolute atomic E-state index is 10.1. The molecule has 0 spiro atoms. The number of rotatable bonds is 2. The number of hydrogen-bond acceptors (Lipinski definition) is 2. The van der Waals surface area contributed by atoms with Gasteiger partial charge in [0.1, 0.15) is 5.75 Å². The summed E-state index contributed by atoms with van der Waals surface area (Å²) in [7, 11) is 0. The quantitative estimate of drug-likeness (QED) is 0.817. The van der Waals surface area contributed by atoms with Gasteiger partial charge in [0.05, 0.1) is 0 Å². The fraction of sp³-hybridized carbons (Fsp3) is 0.600. The van der Waals surface area contributed by atoms with E-state index in [9.17, 15) is 5.11 Å². The van der Waals surface area contributed by atoms with Gasteiger partial charge < -0.3 is 10.4 Å². The Kier molecular flexibility index (Phi) is 3.72. The van der Waals surface area contributed by atoms with Gasteiger partial charge in [-0.15, -0.1) is 0 Å². The summed E-state index contributed by atoms with van der Waals surface area (Å²) in [6, 6.07) is 4.45. The lowest BCUT2D eigenvalue weighted by Gasteiger charge is -2.26. The first-order valence-corrected chi connectivity index (χ1v) is 6.66. The number of phenols is 1. The lowest BCUT2D eigenvalue weighted by molar-refractivity contribution is 0.390. The summed E-state index contributed by atoms with van der Waals surface area (Å²) in [6.07, 6.45) is 3.64. The van der Waals surface area contributed by atoms with Crippen molar-refractivity contribution in [3.05, 3.63) is 28.8 Å². The molecule has 1 aromatic rings. The molecular formula is C15H23NO. The molecule has 1 atom stereocenters. The molecule has 1 heterocycles. The summed E-state index contributed by atoms with van der Waals surface area (Å²) in [5.41, 5.74) is 3.63. The first kappa shape index (κ1) is 12.4. The van der Waals surface area contributed by atoms with E-state index in [4.69, 9.17) is 0 Å². The van der Waals surface area contributed by atoms with Crippen LogP contribution in [0.4, 0.5) is 0 Å². The van der Waals surface area contributed by atoms with Crippen LogP contribution in [-0.2, 0) is 0 Å². The second-order valence-corrected chi connectivity index (χ2v) is 5.42. The van der Waals surface area contributed by atoms with Crippen LogP contribution < -0.4 is 5.32 Å². The number of piperidine rings is 1. The molecule has 0 saturated carbocycles. The van der Waals surface area contributed by atoms with Crippen molar-refractivity contribution in [3.63, 3.8) is 0 Å². The monoisotopic (exact) mass is 233 g/mol. The molecule has 0 aliphatic carbocycles. The molecule has 2 nitrogen and oxygen atoms in total. The Balaban J connectivity index is 2.35. The molecule has 0 bridgehead atoms. The standard InChI is InChI=1S/C15H23NO/c1-10(2)12-9-13(15(17)8-11(12)3)14-6-4-5-7-16-14/h8-10,14,16-17H,4-7H2,1-3H3. The second kappa shape index (κ2) is 5.09. The Morgan fingerprint density at radius 1 is 1.29 bits per heavy atom. The van der Waals surface area contributed by atoms with Gasteiger partial charge in [-0.05, 0) is 49.4 Å². The van der Waals surface area contributed by atoms with Gasteiger partial charge in [-0.25, -0.2) is 0 Å². The Morgan fingerprint density at radius 2 is 2.06 bits per heavy atom. The van der Waals surface area contributed by atoms with Crippen molar-refractivity contribution in [3.8, 4) is 5.75 Å². The minimum atomic E-state index is 0.335. The molecule has 0 amide bonds. The zero-order chi connectivity index (χ0) is 12.4. The van der Waals surface area contributed by atoms with Gasteiger partial charge in [0.15, 0.2) is 0 Å². The van der Waals surface area contributed by atoms with E-state index in [2.05, 4.69) is 32.2 Å². The number of phenolic OH excluding ortho intramolecular Hbond substituents is 1. The van der Waals surface area contributed by atoms with Crippen molar-refractivity contribution in [2.75, 3.05) is 6.54 Å². The fourth-order valence-electron chi connectivity index (χ4n) is 2.75. The van der Waals surface area contributed by atoms with Crippen molar-refractivity contribution in [2.24, 2.45) is 0 Å². The molecule has 1 aliphatic heterocycles. The summed E-state index contributed by atoms with van der Waals surface area (Å²) in [6.45, 7) is 7.55. The van der Waals surface area contributed by atoms with Crippen LogP contribution in [-0.4, -0.2) is 11.7 Å². The zero-order valence-corrected chi connectivity index (χ0v) is 11.1. The van der Waals surface area contributed by atoms with Gasteiger partial charge in [0.2, 0.25) is 0 Å².